The third kappa shape index (κ3) is 4.33. The third-order valence-corrected chi connectivity index (χ3v) is 5.59. The Morgan fingerprint density at radius 2 is 1.93 bits per heavy atom. The Kier molecular flexibility index (Phi) is 5.77. The number of halogens is 1. The molecule has 0 bridgehead atoms. The molecule has 0 radical (unpaired) electrons. The first-order valence-corrected chi connectivity index (χ1v) is 10.6. The summed E-state index contributed by atoms with van der Waals surface area (Å²) in [6, 6.07) is 11.1. The van der Waals surface area contributed by atoms with Gasteiger partial charge in [-0.05, 0) is 29.2 Å². The lowest BCUT2D eigenvalue weighted by molar-refractivity contribution is -0.142. The normalized spacial score (nSPS) is 16.0. The molecule has 7 heteroatoms. The highest BCUT2D eigenvalue weighted by atomic mass is 35.5. The fraction of sp³-hybridized carbons (Fsp3) is 0.348. The van der Waals surface area contributed by atoms with E-state index in [0.29, 0.717) is 31.0 Å². The molecule has 1 aromatic carbocycles. The van der Waals surface area contributed by atoms with Crippen LogP contribution in [0.3, 0.4) is 0 Å². The van der Waals surface area contributed by atoms with Crippen LogP contribution in [-0.4, -0.2) is 32.1 Å². The highest BCUT2D eigenvalue weighted by Gasteiger charge is 2.34. The van der Waals surface area contributed by atoms with E-state index < -0.39 is 6.04 Å². The van der Waals surface area contributed by atoms with Crippen LogP contribution in [0.5, 0.6) is 0 Å². The monoisotopic (exact) mass is 424 g/mol. The molecule has 2 aromatic heterocycles. The molecule has 0 aliphatic carbocycles. The van der Waals surface area contributed by atoms with Crippen molar-refractivity contribution in [1.82, 2.24) is 19.6 Å². The Labute approximate surface area is 180 Å². The average molecular weight is 425 g/mol. The number of hydrogen-bond donors (Lipinski definition) is 1. The minimum atomic E-state index is -0.516. The van der Waals surface area contributed by atoms with Crippen molar-refractivity contribution in [2.45, 2.75) is 45.8 Å². The summed E-state index contributed by atoms with van der Waals surface area (Å²) in [6.07, 6.45) is 4.57. The Hall–Kier alpha value is -2.86. The van der Waals surface area contributed by atoms with Gasteiger partial charge in [0.25, 0.3) is 0 Å². The van der Waals surface area contributed by atoms with E-state index in [4.69, 9.17) is 11.6 Å². The number of nitrogens with zero attached hydrogens (tertiary/aromatic N) is 3. The molecule has 156 valence electrons. The van der Waals surface area contributed by atoms with Crippen molar-refractivity contribution in [1.29, 1.82) is 0 Å². The molecule has 1 N–H and O–H groups in total. The van der Waals surface area contributed by atoms with E-state index in [0.717, 1.165) is 22.5 Å². The fourth-order valence-electron chi connectivity index (χ4n) is 3.88. The number of aromatic nitrogens is 2. The molecule has 1 aliphatic heterocycles. The van der Waals surface area contributed by atoms with Crippen molar-refractivity contribution in [3.05, 3.63) is 70.6 Å². The maximum Gasteiger partial charge on any atom is 0.243 e. The number of imidazole rings is 1. The number of pyridine rings is 1. The molecule has 30 heavy (non-hydrogen) atoms. The van der Waals surface area contributed by atoms with Gasteiger partial charge in [-0.2, -0.15) is 0 Å². The first kappa shape index (κ1) is 20.4. The van der Waals surface area contributed by atoms with Crippen molar-refractivity contribution in [3.63, 3.8) is 0 Å². The zero-order chi connectivity index (χ0) is 21.3. The van der Waals surface area contributed by atoms with Gasteiger partial charge < -0.3 is 14.6 Å². The molecule has 3 heterocycles. The summed E-state index contributed by atoms with van der Waals surface area (Å²) in [4.78, 5) is 32.2. The van der Waals surface area contributed by atoms with Crippen LogP contribution in [0.25, 0.3) is 5.65 Å². The van der Waals surface area contributed by atoms with Crippen molar-refractivity contribution in [3.8, 4) is 0 Å². The standard InChI is InChI=1S/C23H25ClN4O2/c1-15(2)9-22(29)28-12-17-6-4-3-5-16(17)10-20(28)23(30)25-11-19-14-27-13-18(24)7-8-21(27)26-19/h3-8,13-15,20H,9-12H2,1-2H3,(H,25,30). The van der Waals surface area contributed by atoms with Gasteiger partial charge in [-0.25, -0.2) is 4.98 Å². The summed E-state index contributed by atoms with van der Waals surface area (Å²) in [5, 5.41) is 3.59. The number of hydrogen-bond acceptors (Lipinski definition) is 3. The second-order valence-corrected chi connectivity index (χ2v) is 8.61. The van der Waals surface area contributed by atoms with Crippen LogP contribution in [0.1, 0.15) is 37.1 Å². The molecule has 0 saturated heterocycles. The van der Waals surface area contributed by atoms with Crippen LogP contribution >= 0.6 is 11.6 Å². The maximum atomic E-state index is 13.1. The number of fused-ring (bicyclic) bond motifs is 2. The van der Waals surface area contributed by atoms with Crippen LogP contribution in [0.15, 0.2) is 48.8 Å². The summed E-state index contributed by atoms with van der Waals surface area (Å²) < 4.78 is 1.83. The minimum absolute atomic E-state index is 0.0158. The topological polar surface area (TPSA) is 66.7 Å². The highest BCUT2D eigenvalue weighted by Crippen LogP contribution is 2.25. The summed E-state index contributed by atoms with van der Waals surface area (Å²) in [5.41, 5.74) is 3.73. The van der Waals surface area contributed by atoms with Crippen molar-refractivity contribution in [2.24, 2.45) is 5.92 Å². The summed E-state index contributed by atoms with van der Waals surface area (Å²) >= 11 is 6.02. The van der Waals surface area contributed by atoms with Crippen molar-refractivity contribution < 1.29 is 9.59 Å². The van der Waals surface area contributed by atoms with Gasteiger partial charge in [0.1, 0.15) is 11.7 Å². The Balaban J connectivity index is 1.51. The molecule has 1 aliphatic rings. The zero-order valence-electron chi connectivity index (χ0n) is 17.1. The maximum absolute atomic E-state index is 13.1. The zero-order valence-corrected chi connectivity index (χ0v) is 17.9. The lowest BCUT2D eigenvalue weighted by Crippen LogP contribution is -2.52. The van der Waals surface area contributed by atoms with Gasteiger partial charge in [0, 0.05) is 31.8 Å². The van der Waals surface area contributed by atoms with E-state index in [1.807, 2.05) is 54.8 Å². The third-order valence-electron chi connectivity index (χ3n) is 5.36. The Morgan fingerprint density at radius 1 is 1.17 bits per heavy atom. The first-order valence-electron chi connectivity index (χ1n) is 10.2. The van der Waals surface area contributed by atoms with Crippen molar-refractivity contribution >= 4 is 29.1 Å². The molecule has 6 nitrogen and oxygen atoms in total. The highest BCUT2D eigenvalue weighted by molar-refractivity contribution is 6.30. The van der Waals surface area contributed by atoms with E-state index in [1.54, 1.807) is 17.2 Å². The van der Waals surface area contributed by atoms with E-state index in [-0.39, 0.29) is 17.7 Å². The lowest BCUT2D eigenvalue weighted by atomic mass is 9.92. The Morgan fingerprint density at radius 3 is 2.70 bits per heavy atom. The molecule has 4 rings (SSSR count). The number of nitrogens with one attached hydrogen (secondary N) is 1. The first-order chi connectivity index (χ1) is 14.4. The fourth-order valence-corrected chi connectivity index (χ4v) is 4.05. The van der Waals surface area contributed by atoms with Gasteiger partial charge in [0.05, 0.1) is 17.3 Å². The van der Waals surface area contributed by atoms with Gasteiger partial charge in [-0.15, -0.1) is 0 Å². The number of carbonyl (C=O) groups excluding carboxylic acids is 2. The minimum Gasteiger partial charge on any atom is -0.349 e. The lowest BCUT2D eigenvalue weighted by Gasteiger charge is -2.36. The summed E-state index contributed by atoms with van der Waals surface area (Å²) in [5.74, 6) is 0.0990. The van der Waals surface area contributed by atoms with E-state index >= 15 is 0 Å². The van der Waals surface area contributed by atoms with Crippen LogP contribution < -0.4 is 5.32 Å². The van der Waals surface area contributed by atoms with Crippen LogP contribution in [-0.2, 0) is 29.1 Å². The predicted octanol–water partition coefficient (Wildman–Crippen LogP) is 3.60. The predicted molar refractivity (Wildman–Crippen MR) is 116 cm³/mol. The quantitative estimate of drug-likeness (QED) is 0.680. The number of carbonyl (C=O) groups is 2. The molecule has 3 aromatic rings. The second-order valence-electron chi connectivity index (χ2n) is 8.17. The van der Waals surface area contributed by atoms with Crippen molar-refractivity contribution in [2.75, 3.05) is 0 Å². The van der Waals surface area contributed by atoms with Gasteiger partial charge in [-0.1, -0.05) is 49.7 Å². The van der Waals surface area contributed by atoms with E-state index in [1.165, 1.54) is 0 Å². The molecule has 1 unspecified atom stereocenters. The molecule has 2 amide bonds. The SMILES string of the molecule is CC(C)CC(=O)N1Cc2ccccc2CC1C(=O)NCc1cn2cc(Cl)ccc2n1. The smallest absolute Gasteiger partial charge is 0.243 e. The number of rotatable bonds is 5. The van der Waals surface area contributed by atoms with Crippen LogP contribution in [0.4, 0.5) is 0 Å². The summed E-state index contributed by atoms with van der Waals surface area (Å²) in [6.45, 7) is 4.79. The van der Waals surface area contributed by atoms with E-state index in [2.05, 4.69) is 10.3 Å². The van der Waals surface area contributed by atoms with Gasteiger partial charge in [-0.3, -0.25) is 9.59 Å². The second kappa shape index (κ2) is 8.48. The van der Waals surface area contributed by atoms with Crippen LogP contribution in [0, 0.1) is 5.92 Å². The molecule has 0 saturated carbocycles. The molecule has 0 fully saturated rings. The number of amides is 2. The van der Waals surface area contributed by atoms with Crippen LogP contribution in [0.2, 0.25) is 5.02 Å². The molecular weight excluding hydrogens is 400 g/mol. The van der Waals surface area contributed by atoms with Gasteiger partial charge in [0.2, 0.25) is 11.8 Å². The van der Waals surface area contributed by atoms with Gasteiger partial charge in [0.15, 0.2) is 0 Å². The largest absolute Gasteiger partial charge is 0.349 e. The van der Waals surface area contributed by atoms with Gasteiger partial charge >= 0.3 is 0 Å². The molecular formula is C23H25ClN4O2. The molecule has 0 spiro atoms. The number of benzene rings is 1. The van der Waals surface area contributed by atoms with E-state index in [9.17, 15) is 9.59 Å². The summed E-state index contributed by atoms with van der Waals surface area (Å²) in [7, 11) is 0. The molecule has 1 atom stereocenters. The Bertz CT molecular complexity index is 1090. The average Bonchev–Trinajstić information content (AvgIpc) is 3.12.